The summed E-state index contributed by atoms with van der Waals surface area (Å²) < 4.78 is 0. The van der Waals surface area contributed by atoms with Crippen molar-refractivity contribution in [2.24, 2.45) is 5.41 Å². The lowest BCUT2D eigenvalue weighted by Gasteiger charge is -2.14. The van der Waals surface area contributed by atoms with Crippen LogP contribution in [0.4, 0.5) is 0 Å². The first kappa shape index (κ1) is 6.60. The Balaban J connectivity index is 2.44. The molecule has 0 aromatic rings. The van der Waals surface area contributed by atoms with Crippen LogP contribution in [-0.2, 0) is 0 Å². The molecule has 0 aromatic heterocycles. The summed E-state index contributed by atoms with van der Waals surface area (Å²) in [7, 11) is 0. The highest BCUT2D eigenvalue weighted by molar-refractivity contribution is 9.09. The van der Waals surface area contributed by atoms with E-state index in [4.69, 9.17) is 0 Å². The zero-order valence-electron chi connectivity index (χ0n) is 5.58. The van der Waals surface area contributed by atoms with Crippen LogP contribution < -0.4 is 0 Å². The highest BCUT2D eigenvalue weighted by atomic mass is 79.9. The molecule has 1 atom stereocenters. The quantitative estimate of drug-likeness (QED) is 0.499. The summed E-state index contributed by atoms with van der Waals surface area (Å²) in [5, 5.41) is 0. The molecule has 0 nitrogen and oxygen atoms in total. The van der Waals surface area contributed by atoms with Crippen LogP contribution in [0.25, 0.3) is 0 Å². The predicted octanol–water partition coefficient (Wildman–Crippen LogP) is 2.96. The van der Waals surface area contributed by atoms with E-state index in [0.29, 0.717) is 5.41 Å². The van der Waals surface area contributed by atoms with Crippen molar-refractivity contribution in [3.8, 4) is 0 Å². The average Bonchev–Trinajstić information content (AvgIpc) is 1.82. The van der Waals surface area contributed by atoms with E-state index >= 15 is 0 Å². The summed E-state index contributed by atoms with van der Waals surface area (Å²) in [6.07, 6.45) is 4.11. The molecule has 0 bridgehead atoms. The molecule has 1 saturated carbocycles. The Hall–Kier alpha value is 0.480. The second-order valence-corrected chi connectivity index (χ2v) is 4.80. The molecule has 0 heterocycles. The predicted molar refractivity (Wildman–Crippen MR) is 40.3 cm³/mol. The summed E-state index contributed by atoms with van der Waals surface area (Å²) >= 11 is 3.61. The molecule has 0 radical (unpaired) electrons. The molecular weight excluding hydrogens is 164 g/mol. The summed E-state index contributed by atoms with van der Waals surface area (Å²) in [5.74, 6) is 0. The molecule has 1 heteroatoms. The smallest absolute Gasteiger partial charge is 0.0151 e. The van der Waals surface area contributed by atoms with Crippen molar-refractivity contribution in [2.75, 3.05) is 0 Å². The molecule has 1 rings (SSSR count). The van der Waals surface area contributed by atoms with E-state index in [1.54, 1.807) is 0 Å². The van der Waals surface area contributed by atoms with Gasteiger partial charge in [0.25, 0.3) is 0 Å². The second kappa shape index (κ2) is 2.02. The van der Waals surface area contributed by atoms with Crippen LogP contribution in [0, 0.1) is 5.41 Å². The highest BCUT2D eigenvalue weighted by Crippen LogP contribution is 2.40. The Bertz CT molecular complexity index is 86.4. The van der Waals surface area contributed by atoms with Gasteiger partial charge in [-0.05, 0) is 24.7 Å². The molecule has 1 aliphatic carbocycles. The van der Waals surface area contributed by atoms with E-state index in [1.165, 1.54) is 19.3 Å². The van der Waals surface area contributed by atoms with Crippen LogP contribution in [0.15, 0.2) is 0 Å². The largest absolute Gasteiger partial charge is 0.0890 e. The molecule has 1 fully saturated rings. The monoisotopic (exact) mass is 176 g/mol. The molecule has 0 aromatic carbocycles. The SMILES string of the molecule is CC1(C)CC[C@H](Br)C1. The normalized spacial score (nSPS) is 35.6. The van der Waals surface area contributed by atoms with E-state index in [-0.39, 0.29) is 0 Å². The molecule has 0 spiro atoms. The molecule has 8 heavy (non-hydrogen) atoms. The van der Waals surface area contributed by atoms with Gasteiger partial charge in [-0.2, -0.15) is 0 Å². The van der Waals surface area contributed by atoms with Crippen LogP contribution in [0.2, 0.25) is 0 Å². The third-order valence-corrected chi connectivity index (χ3v) is 2.69. The van der Waals surface area contributed by atoms with Gasteiger partial charge in [0.1, 0.15) is 0 Å². The van der Waals surface area contributed by atoms with Gasteiger partial charge < -0.3 is 0 Å². The van der Waals surface area contributed by atoms with Gasteiger partial charge >= 0.3 is 0 Å². The van der Waals surface area contributed by atoms with Crippen molar-refractivity contribution < 1.29 is 0 Å². The van der Waals surface area contributed by atoms with Gasteiger partial charge in [0.05, 0.1) is 0 Å². The van der Waals surface area contributed by atoms with Crippen LogP contribution in [0.3, 0.4) is 0 Å². The lowest BCUT2D eigenvalue weighted by atomic mass is 9.92. The number of halogens is 1. The minimum Gasteiger partial charge on any atom is -0.0890 e. The second-order valence-electron chi connectivity index (χ2n) is 3.50. The molecule has 0 amide bonds. The maximum atomic E-state index is 3.61. The Morgan fingerprint density at radius 1 is 1.50 bits per heavy atom. The topological polar surface area (TPSA) is 0 Å². The van der Waals surface area contributed by atoms with Crippen molar-refractivity contribution >= 4 is 15.9 Å². The van der Waals surface area contributed by atoms with E-state index in [2.05, 4.69) is 29.8 Å². The van der Waals surface area contributed by atoms with Gasteiger partial charge in [-0.3, -0.25) is 0 Å². The maximum Gasteiger partial charge on any atom is 0.0151 e. The van der Waals surface area contributed by atoms with Crippen molar-refractivity contribution in [2.45, 2.75) is 37.9 Å². The minimum absolute atomic E-state index is 0.619. The Labute approximate surface area is 59.8 Å². The van der Waals surface area contributed by atoms with Crippen molar-refractivity contribution in [3.63, 3.8) is 0 Å². The fraction of sp³-hybridized carbons (Fsp3) is 1.00. The van der Waals surface area contributed by atoms with Gasteiger partial charge in [0, 0.05) is 4.83 Å². The maximum absolute atomic E-state index is 3.61. The first-order valence-electron chi connectivity index (χ1n) is 3.24. The van der Waals surface area contributed by atoms with Crippen LogP contribution in [0.1, 0.15) is 33.1 Å². The van der Waals surface area contributed by atoms with Gasteiger partial charge in [0.15, 0.2) is 0 Å². The van der Waals surface area contributed by atoms with E-state index in [0.717, 1.165) is 4.83 Å². The summed E-state index contributed by atoms with van der Waals surface area (Å²) in [6, 6.07) is 0. The standard InChI is InChI=1S/C7H13Br/c1-7(2)4-3-6(8)5-7/h6H,3-5H2,1-2H3/t6-/m0/s1. The highest BCUT2D eigenvalue weighted by Gasteiger charge is 2.28. The van der Waals surface area contributed by atoms with Gasteiger partial charge in [-0.1, -0.05) is 29.8 Å². The number of rotatable bonds is 0. The number of hydrogen-bond donors (Lipinski definition) is 0. The Kier molecular flexibility index (Phi) is 1.66. The van der Waals surface area contributed by atoms with Gasteiger partial charge in [0.2, 0.25) is 0 Å². The molecule has 1 aliphatic rings. The molecule has 0 aliphatic heterocycles. The Morgan fingerprint density at radius 3 is 2.25 bits per heavy atom. The van der Waals surface area contributed by atoms with Crippen molar-refractivity contribution in [1.29, 1.82) is 0 Å². The molecular formula is C7H13Br. The zero-order valence-corrected chi connectivity index (χ0v) is 7.16. The fourth-order valence-corrected chi connectivity index (χ4v) is 2.46. The third kappa shape index (κ3) is 1.48. The van der Waals surface area contributed by atoms with Crippen LogP contribution in [-0.4, -0.2) is 4.83 Å². The Morgan fingerprint density at radius 2 is 2.12 bits per heavy atom. The molecule has 0 N–H and O–H groups in total. The van der Waals surface area contributed by atoms with E-state index < -0.39 is 0 Å². The summed E-state index contributed by atoms with van der Waals surface area (Å²) in [6.45, 7) is 4.68. The average molecular weight is 177 g/mol. The lowest BCUT2D eigenvalue weighted by Crippen LogP contribution is -2.04. The fourth-order valence-electron chi connectivity index (χ4n) is 1.35. The van der Waals surface area contributed by atoms with E-state index in [1.807, 2.05) is 0 Å². The zero-order chi connectivity index (χ0) is 6.20. The summed E-state index contributed by atoms with van der Waals surface area (Å²) in [5.41, 5.74) is 0.619. The van der Waals surface area contributed by atoms with Gasteiger partial charge in [-0.15, -0.1) is 0 Å². The van der Waals surface area contributed by atoms with Crippen molar-refractivity contribution in [1.82, 2.24) is 0 Å². The van der Waals surface area contributed by atoms with Crippen LogP contribution >= 0.6 is 15.9 Å². The molecule has 48 valence electrons. The molecule has 0 saturated heterocycles. The minimum atomic E-state index is 0.619. The van der Waals surface area contributed by atoms with Crippen molar-refractivity contribution in [3.05, 3.63) is 0 Å². The van der Waals surface area contributed by atoms with Crippen LogP contribution in [0.5, 0.6) is 0 Å². The first-order chi connectivity index (χ1) is 3.60. The summed E-state index contributed by atoms with van der Waals surface area (Å²) in [4.78, 5) is 0.803. The molecule has 0 unspecified atom stereocenters. The number of hydrogen-bond acceptors (Lipinski definition) is 0. The lowest BCUT2D eigenvalue weighted by molar-refractivity contribution is 0.384. The number of alkyl halides is 1. The first-order valence-corrected chi connectivity index (χ1v) is 4.16. The van der Waals surface area contributed by atoms with Gasteiger partial charge in [-0.25, -0.2) is 0 Å². The van der Waals surface area contributed by atoms with E-state index in [9.17, 15) is 0 Å². The third-order valence-electron chi connectivity index (χ3n) is 1.91.